The molecule has 25 heavy (non-hydrogen) atoms. The number of aromatic nitrogens is 1. The van der Waals surface area contributed by atoms with Crippen molar-refractivity contribution in [3.8, 4) is 5.75 Å². The van der Waals surface area contributed by atoms with Crippen LogP contribution in [0, 0.1) is 6.92 Å². The Labute approximate surface area is 148 Å². The van der Waals surface area contributed by atoms with Crippen molar-refractivity contribution in [2.45, 2.75) is 33.9 Å². The fourth-order valence-corrected chi connectivity index (χ4v) is 3.08. The average Bonchev–Trinajstić information content (AvgIpc) is 2.93. The Morgan fingerprint density at radius 2 is 2.12 bits per heavy atom. The molecule has 0 aliphatic carbocycles. The van der Waals surface area contributed by atoms with Crippen molar-refractivity contribution in [2.75, 3.05) is 26.2 Å². The van der Waals surface area contributed by atoms with Gasteiger partial charge in [-0.05, 0) is 37.7 Å². The molecule has 0 spiro atoms. The number of ether oxygens (including phenoxy) is 1. The Kier molecular flexibility index (Phi) is 5.38. The molecular formula is C19H25N3O3. The Hall–Kier alpha value is -2.34. The monoisotopic (exact) mass is 343 g/mol. The highest BCUT2D eigenvalue weighted by molar-refractivity contribution is 5.92. The first-order chi connectivity index (χ1) is 12.1. The third-order valence-electron chi connectivity index (χ3n) is 4.63. The van der Waals surface area contributed by atoms with Crippen molar-refractivity contribution in [1.82, 2.24) is 14.8 Å². The number of nitrogens with zero attached hydrogens (tertiary/aromatic N) is 3. The van der Waals surface area contributed by atoms with Crippen LogP contribution in [0.25, 0.3) is 0 Å². The van der Waals surface area contributed by atoms with Crippen molar-refractivity contribution >= 4 is 5.91 Å². The summed E-state index contributed by atoms with van der Waals surface area (Å²) in [6.07, 6.45) is 1.31. The van der Waals surface area contributed by atoms with Gasteiger partial charge >= 0.3 is 0 Å². The minimum absolute atomic E-state index is 0.138. The molecule has 3 rings (SSSR count). The number of hydrogen-bond acceptors (Lipinski definition) is 5. The van der Waals surface area contributed by atoms with Crippen LogP contribution in [-0.4, -0.2) is 46.9 Å². The van der Waals surface area contributed by atoms with Gasteiger partial charge in [-0.3, -0.25) is 9.69 Å². The van der Waals surface area contributed by atoms with Gasteiger partial charge in [0.05, 0.1) is 12.2 Å². The molecule has 0 unspecified atom stereocenters. The standard InChI is InChI=1S/C19H25N3O3/c1-4-21(5-2)11-15-6-7-17-16(10-15)12-22(8-9-24-17)19(23)18-14(3)20-13-25-18/h6-7,10,13H,4-5,8-9,11-12H2,1-3H3. The molecule has 1 aromatic heterocycles. The molecule has 0 fully saturated rings. The molecule has 1 aromatic carbocycles. The molecule has 1 aliphatic rings. The Morgan fingerprint density at radius 1 is 1.32 bits per heavy atom. The molecule has 0 saturated carbocycles. The number of benzene rings is 1. The summed E-state index contributed by atoms with van der Waals surface area (Å²) in [7, 11) is 0. The van der Waals surface area contributed by atoms with Gasteiger partial charge in [0.1, 0.15) is 12.4 Å². The third-order valence-corrected chi connectivity index (χ3v) is 4.63. The van der Waals surface area contributed by atoms with Crippen molar-refractivity contribution in [2.24, 2.45) is 0 Å². The maximum Gasteiger partial charge on any atom is 0.291 e. The van der Waals surface area contributed by atoms with Crippen LogP contribution in [0.5, 0.6) is 5.75 Å². The summed E-state index contributed by atoms with van der Waals surface area (Å²) in [5.41, 5.74) is 2.88. The molecule has 2 aromatic rings. The number of rotatable bonds is 5. The second kappa shape index (κ2) is 7.70. The zero-order valence-electron chi connectivity index (χ0n) is 15.1. The lowest BCUT2D eigenvalue weighted by atomic mass is 10.1. The van der Waals surface area contributed by atoms with E-state index >= 15 is 0 Å². The number of aryl methyl sites for hydroxylation is 1. The highest BCUT2D eigenvalue weighted by atomic mass is 16.5. The third kappa shape index (κ3) is 3.85. The highest BCUT2D eigenvalue weighted by Crippen LogP contribution is 2.26. The van der Waals surface area contributed by atoms with Crippen LogP contribution in [0.15, 0.2) is 29.0 Å². The first-order valence-electron chi connectivity index (χ1n) is 8.78. The fraction of sp³-hybridized carbons (Fsp3) is 0.474. The molecule has 1 amide bonds. The van der Waals surface area contributed by atoms with Gasteiger partial charge in [-0.15, -0.1) is 0 Å². The number of oxazole rings is 1. The molecule has 1 aliphatic heterocycles. The number of fused-ring (bicyclic) bond motifs is 1. The van der Waals surface area contributed by atoms with Gasteiger partial charge in [0.2, 0.25) is 5.76 Å². The van der Waals surface area contributed by atoms with Crippen molar-refractivity contribution in [3.63, 3.8) is 0 Å². The lowest BCUT2D eigenvalue weighted by Gasteiger charge is -2.20. The Bertz CT molecular complexity index is 737. The van der Waals surface area contributed by atoms with E-state index in [1.165, 1.54) is 12.0 Å². The summed E-state index contributed by atoms with van der Waals surface area (Å²) in [4.78, 5) is 20.9. The van der Waals surface area contributed by atoms with Crippen molar-refractivity contribution < 1.29 is 13.9 Å². The predicted molar refractivity (Wildman–Crippen MR) is 94.5 cm³/mol. The van der Waals surface area contributed by atoms with Gasteiger partial charge in [-0.25, -0.2) is 4.98 Å². The summed E-state index contributed by atoms with van der Waals surface area (Å²) in [5.74, 6) is 1.02. The minimum Gasteiger partial charge on any atom is -0.491 e. The van der Waals surface area contributed by atoms with Crippen LogP contribution in [0.4, 0.5) is 0 Å². The van der Waals surface area contributed by atoms with E-state index in [2.05, 4.69) is 35.9 Å². The van der Waals surface area contributed by atoms with Crippen molar-refractivity contribution in [3.05, 3.63) is 47.2 Å². The molecule has 0 atom stereocenters. The zero-order valence-corrected chi connectivity index (χ0v) is 15.1. The second-order valence-electron chi connectivity index (χ2n) is 6.25. The van der Waals surface area contributed by atoms with Crippen LogP contribution in [0.2, 0.25) is 0 Å². The van der Waals surface area contributed by atoms with E-state index < -0.39 is 0 Å². The lowest BCUT2D eigenvalue weighted by Crippen LogP contribution is -2.32. The van der Waals surface area contributed by atoms with E-state index in [1.54, 1.807) is 11.8 Å². The molecule has 0 bridgehead atoms. The maximum atomic E-state index is 12.7. The van der Waals surface area contributed by atoms with Crippen LogP contribution in [0.3, 0.4) is 0 Å². The van der Waals surface area contributed by atoms with Crippen LogP contribution in [-0.2, 0) is 13.1 Å². The minimum atomic E-state index is -0.138. The molecular weight excluding hydrogens is 318 g/mol. The fourth-order valence-electron chi connectivity index (χ4n) is 3.08. The van der Waals surface area contributed by atoms with Gasteiger partial charge in [0.25, 0.3) is 5.91 Å². The van der Waals surface area contributed by atoms with E-state index in [4.69, 9.17) is 9.15 Å². The molecule has 134 valence electrons. The second-order valence-corrected chi connectivity index (χ2v) is 6.25. The first-order valence-corrected chi connectivity index (χ1v) is 8.78. The van der Waals surface area contributed by atoms with E-state index in [1.807, 2.05) is 6.07 Å². The zero-order chi connectivity index (χ0) is 17.8. The summed E-state index contributed by atoms with van der Waals surface area (Å²) in [6.45, 7) is 10.5. The van der Waals surface area contributed by atoms with Gasteiger partial charge in [-0.2, -0.15) is 0 Å². The Morgan fingerprint density at radius 3 is 2.80 bits per heavy atom. The maximum absolute atomic E-state index is 12.7. The quantitative estimate of drug-likeness (QED) is 0.835. The first kappa shape index (κ1) is 17.5. The topological polar surface area (TPSA) is 58.8 Å². The number of hydrogen-bond donors (Lipinski definition) is 0. The van der Waals surface area contributed by atoms with Crippen molar-refractivity contribution in [1.29, 1.82) is 0 Å². The summed E-state index contributed by atoms with van der Waals surface area (Å²) in [6, 6.07) is 6.27. The van der Waals surface area contributed by atoms with Crippen LogP contribution in [0.1, 0.15) is 41.2 Å². The molecule has 6 nitrogen and oxygen atoms in total. The molecule has 2 heterocycles. The smallest absolute Gasteiger partial charge is 0.291 e. The van der Waals surface area contributed by atoms with Crippen LogP contribution < -0.4 is 4.74 Å². The van der Waals surface area contributed by atoms with Crippen LogP contribution >= 0.6 is 0 Å². The van der Waals surface area contributed by atoms with E-state index in [-0.39, 0.29) is 5.91 Å². The normalized spacial score (nSPS) is 14.2. The van der Waals surface area contributed by atoms with Gasteiger partial charge in [0.15, 0.2) is 6.39 Å². The lowest BCUT2D eigenvalue weighted by molar-refractivity contribution is 0.0700. The van der Waals surface area contributed by atoms with E-state index in [9.17, 15) is 4.79 Å². The average molecular weight is 343 g/mol. The Balaban J connectivity index is 1.81. The number of amides is 1. The SMILES string of the molecule is CCN(CC)Cc1ccc2c(c1)CN(C(=O)c1ocnc1C)CCO2. The van der Waals surface area contributed by atoms with Gasteiger partial charge < -0.3 is 14.1 Å². The molecule has 0 radical (unpaired) electrons. The van der Waals surface area contributed by atoms with E-state index in [0.29, 0.717) is 31.2 Å². The predicted octanol–water partition coefficient (Wildman–Crippen LogP) is 2.86. The molecule has 0 N–H and O–H groups in total. The van der Waals surface area contributed by atoms with E-state index in [0.717, 1.165) is 30.9 Å². The summed E-state index contributed by atoms with van der Waals surface area (Å²) in [5, 5.41) is 0. The van der Waals surface area contributed by atoms with Gasteiger partial charge in [-0.1, -0.05) is 19.9 Å². The summed E-state index contributed by atoms with van der Waals surface area (Å²) >= 11 is 0. The number of carbonyl (C=O) groups is 1. The van der Waals surface area contributed by atoms with Gasteiger partial charge in [0, 0.05) is 18.7 Å². The largest absolute Gasteiger partial charge is 0.491 e. The molecule has 0 saturated heterocycles. The summed E-state index contributed by atoms with van der Waals surface area (Å²) < 4.78 is 11.1. The highest BCUT2D eigenvalue weighted by Gasteiger charge is 2.25. The molecule has 6 heteroatoms. The number of carbonyl (C=O) groups excluding carboxylic acids is 1.